The maximum absolute atomic E-state index is 9.30. The highest BCUT2D eigenvalue weighted by Gasteiger charge is 2.33. The summed E-state index contributed by atoms with van der Waals surface area (Å²) in [7, 11) is 0. The van der Waals surface area contributed by atoms with E-state index in [2.05, 4.69) is 124 Å². The predicted molar refractivity (Wildman–Crippen MR) is 319 cm³/mol. The lowest BCUT2D eigenvalue weighted by atomic mass is 9.78. The minimum Gasteiger partial charge on any atom is -0.457 e. The van der Waals surface area contributed by atoms with Crippen molar-refractivity contribution >= 4 is 44.6 Å². The molecule has 2 aromatic heterocycles. The standard InChI is InChI=1S/C71H64N4O/c1-69(2,3)54-40-51(41-55(43-54)70(4,5)6)60-31-21-30-59(49-24-14-10-15-25-49)68(60)74-47-73(64-32-18-19-33-65(64)74)56-28-20-29-57(45-56)76-58-35-36-61-62-42-50(48-22-12-9-13-23-48)34-37-63(62)75(66(61)46-58)67-44-53(38-39-72-67)71(7,8)52-26-16-11-17-27-52/h9-46H,47H2,1-8H3/i9D,10D,12D,13D,14D,15D,22D,23D,24D,25D. The van der Waals surface area contributed by atoms with Gasteiger partial charge in [-0.05, 0) is 116 Å². The molecular formula is C71H64N4O. The van der Waals surface area contributed by atoms with Gasteiger partial charge in [-0.15, -0.1) is 0 Å². The van der Waals surface area contributed by atoms with Gasteiger partial charge in [0, 0.05) is 51.3 Å². The van der Waals surface area contributed by atoms with E-state index < -0.39 is 36.3 Å². The van der Waals surface area contributed by atoms with Gasteiger partial charge in [0.2, 0.25) is 0 Å². The van der Waals surface area contributed by atoms with Gasteiger partial charge in [-0.1, -0.05) is 207 Å². The molecule has 0 fully saturated rings. The third-order valence-corrected chi connectivity index (χ3v) is 14.9. The number of hydrogen-bond acceptors (Lipinski definition) is 4. The van der Waals surface area contributed by atoms with Crippen LogP contribution < -0.4 is 14.5 Å². The second kappa shape index (κ2) is 18.9. The van der Waals surface area contributed by atoms with Gasteiger partial charge in [-0.3, -0.25) is 4.57 Å². The fourth-order valence-electron chi connectivity index (χ4n) is 10.6. The number of fused-ring (bicyclic) bond motifs is 4. The fourth-order valence-corrected chi connectivity index (χ4v) is 10.6. The Morgan fingerprint density at radius 1 is 0.447 bits per heavy atom. The third kappa shape index (κ3) is 8.90. The van der Waals surface area contributed by atoms with Crippen molar-refractivity contribution in [2.75, 3.05) is 16.5 Å². The van der Waals surface area contributed by atoms with Crippen LogP contribution in [0.15, 0.2) is 230 Å². The Morgan fingerprint density at radius 2 is 1.08 bits per heavy atom. The molecule has 3 heterocycles. The maximum Gasteiger partial charge on any atom is 0.137 e. The summed E-state index contributed by atoms with van der Waals surface area (Å²) in [5, 5.41) is 1.62. The molecule has 0 bridgehead atoms. The zero-order valence-corrected chi connectivity index (χ0v) is 44.1. The van der Waals surface area contributed by atoms with Gasteiger partial charge in [0.1, 0.15) is 24.0 Å². The van der Waals surface area contributed by atoms with Crippen LogP contribution in [0.3, 0.4) is 0 Å². The number of aromatic nitrogens is 2. The summed E-state index contributed by atoms with van der Waals surface area (Å²) in [6.45, 7) is 17.9. The number of rotatable bonds is 10. The van der Waals surface area contributed by atoms with Crippen LogP contribution in [-0.4, -0.2) is 16.2 Å². The first kappa shape index (κ1) is 38.0. The van der Waals surface area contributed by atoms with Crippen molar-refractivity contribution in [3.63, 3.8) is 0 Å². The summed E-state index contributed by atoms with van der Waals surface area (Å²) in [5.41, 5.74) is 11.5. The average Bonchev–Trinajstić information content (AvgIpc) is 1.61. The molecule has 5 heteroatoms. The van der Waals surface area contributed by atoms with Gasteiger partial charge >= 0.3 is 0 Å². The molecule has 12 rings (SSSR count). The summed E-state index contributed by atoms with van der Waals surface area (Å²) in [4.78, 5) is 9.36. The summed E-state index contributed by atoms with van der Waals surface area (Å²) in [5.74, 6) is 1.76. The van der Waals surface area contributed by atoms with Crippen LogP contribution in [0.25, 0.3) is 61.0 Å². The third-order valence-electron chi connectivity index (χ3n) is 14.9. The van der Waals surface area contributed by atoms with E-state index in [9.17, 15) is 2.74 Å². The van der Waals surface area contributed by atoms with E-state index in [0.29, 0.717) is 40.8 Å². The lowest BCUT2D eigenvalue weighted by molar-refractivity contribution is 0.483. The van der Waals surface area contributed by atoms with E-state index in [-0.39, 0.29) is 51.5 Å². The van der Waals surface area contributed by atoms with E-state index in [1.807, 2.05) is 109 Å². The zero-order chi connectivity index (χ0) is 61.1. The van der Waals surface area contributed by atoms with E-state index in [4.69, 9.17) is 20.7 Å². The highest BCUT2D eigenvalue weighted by Crippen LogP contribution is 2.51. The lowest BCUT2D eigenvalue weighted by Gasteiger charge is -2.29. The van der Waals surface area contributed by atoms with Gasteiger partial charge in [-0.25, -0.2) is 4.98 Å². The summed E-state index contributed by atoms with van der Waals surface area (Å²) >= 11 is 0. The number of ether oxygens (including phenoxy) is 1. The van der Waals surface area contributed by atoms with Crippen LogP contribution in [0, 0.1) is 0 Å². The molecule has 0 saturated carbocycles. The number of para-hydroxylation sites is 3. The Kier molecular flexibility index (Phi) is 9.45. The van der Waals surface area contributed by atoms with Crippen molar-refractivity contribution in [2.24, 2.45) is 0 Å². The summed E-state index contributed by atoms with van der Waals surface area (Å²) in [6.07, 6.45) is 1.82. The topological polar surface area (TPSA) is 33.5 Å². The first-order chi connectivity index (χ1) is 40.8. The molecule has 5 nitrogen and oxygen atoms in total. The quantitative estimate of drug-likeness (QED) is 0.137. The zero-order valence-electron chi connectivity index (χ0n) is 54.1. The minimum absolute atomic E-state index is 0.117. The molecule has 76 heavy (non-hydrogen) atoms. The van der Waals surface area contributed by atoms with Crippen LogP contribution in [-0.2, 0) is 16.2 Å². The SMILES string of the molecule is [2H]c1c([2H])c([2H])c(-c2ccc3c(c2)c2ccc(Oc4cccc(N5CN(c6c(-c7cc(C(C)(C)C)cc(C(C)(C)C)c7)cccc6-c6c([2H])c([2H])c([2H])c([2H])c6[2H])c6ccccc65)c4)cc2n3-c2cc(C(C)(C)c3ccccc3)ccn2)c([2H])c1[2H]. The van der Waals surface area contributed by atoms with E-state index in [1.165, 1.54) is 0 Å². The number of benzene rings is 9. The van der Waals surface area contributed by atoms with Crippen LogP contribution in [0.1, 0.15) is 91.4 Å². The van der Waals surface area contributed by atoms with Crippen molar-refractivity contribution in [3.8, 4) is 50.7 Å². The number of nitrogens with zero attached hydrogens (tertiary/aromatic N) is 4. The highest BCUT2D eigenvalue weighted by molar-refractivity contribution is 6.11. The van der Waals surface area contributed by atoms with Crippen molar-refractivity contribution in [2.45, 2.75) is 71.6 Å². The normalized spacial score (nSPS) is 14.7. The molecule has 374 valence electrons. The Hall–Kier alpha value is -8.67. The molecule has 0 spiro atoms. The lowest BCUT2D eigenvalue weighted by Crippen LogP contribution is -2.25. The fraction of sp³-hybridized carbons (Fsp3) is 0.169. The average molecular weight is 999 g/mol. The Bertz CT molecular complexity index is 4470. The Balaban J connectivity index is 0.980. The predicted octanol–water partition coefficient (Wildman–Crippen LogP) is 19.1. The van der Waals surface area contributed by atoms with E-state index in [1.54, 1.807) is 6.07 Å². The second-order valence-electron chi connectivity index (χ2n) is 22.2. The Labute approximate surface area is 462 Å². The largest absolute Gasteiger partial charge is 0.457 e. The number of anilines is 4. The molecule has 1 aliphatic rings. The first-order valence-electron chi connectivity index (χ1n) is 30.8. The van der Waals surface area contributed by atoms with Gasteiger partial charge in [0.05, 0.1) is 41.8 Å². The number of hydrogen-bond donors (Lipinski definition) is 0. The van der Waals surface area contributed by atoms with Crippen molar-refractivity contribution < 1.29 is 18.4 Å². The van der Waals surface area contributed by atoms with E-state index in [0.717, 1.165) is 72.2 Å². The van der Waals surface area contributed by atoms with Crippen molar-refractivity contribution in [1.29, 1.82) is 0 Å². The van der Waals surface area contributed by atoms with Crippen LogP contribution in [0.5, 0.6) is 11.5 Å². The second-order valence-corrected chi connectivity index (χ2v) is 22.2. The molecular weight excluding hydrogens is 925 g/mol. The van der Waals surface area contributed by atoms with Gasteiger partial charge in [-0.2, -0.15) is 0 Å². The van der Waals surface area contributed by atoms with Gasteiger partial charge < -0.3 is 14.5 Å². The first-order valence-corrected chi connectivity index (χ1v) is 25.8. The van der Waals surface area contributed by atoms with Crippen molar-refractivity contribution in [3.05, 3.63) is 253 Å². The molecule has 0 unspecified atom stereocenters. The monoisotopic (exact) mass is 999 g/mol. The molecule has 0 N–H and O–H groups in total. The molecule has 0 aliphatic carbocycles. The molecule has 9 aromatic carbocycles. The highest BCUT2D eigenvalue weighted by atomic mass is 16.5. The van der Waals surface area contributed by atoms with Crippen molar-refractivity contribution in [1.82, 2.24) is 9.55 Å². The Morgan fingerprint density at radius 3 is 1.78 bits per heavy atom. The maximum atomic E-state index is 9.30. The minimum atomic E-state index is -0.453. The molecule has 0 atom stereocenters. The van der Waals surface area contributed by atoms with Crippen LogP contribution in [0.4, 0.5) is 22.7 Å². The summed E-state index contributed by atoms with van der Waals surface area (Å²) < 4.78 is 96.6. The molecule has 1 aliphatic heterocycles. The van der Waals surface area contributed by atoms with Crippen LogP contribution >= 0.6 is 0 Å². The molecule has 11 aromatic rings. The van der Waals surface area contributed by atoms with Gasteiger partial charge in [0.25, 0.3) is 0 Å². The smallest absolute Gasteiger partial charge is 0.137 e. The molecule has 0 saturated heterocycles. The van der Waals surface area contributed by atoms with Crippen LogP contribution in [0.2, 0.25) is 0 Å². The number of pyridine rings is 1. The summed E-state index contributed by atoms with van der Waals surface area (Å²) in [6, 6.07) is 50.8. The molecule has 0 radical (unpaired) electrons. The molecule has 0 amide bonds. The van der Waals surface area contributed by atoms with E-state index >= 15 is 0 Å². The van der Waals surface area contributed by atoms with Gasteiger partial charge in [0.15, 0.2) is 0 Å².